The van der Waals surface area contributed by atoms with Gasteiger partial charge in [0, 0.05) is 45.0 Å². The first-order valence-electron chi connectivity index (χ1n) is 11.7. The van der Waals surface area contributed by atoms with E-state index in [9.17, 15) is 4.79 Å². The third-order valence-corrected chi connectivity index (χ3v) is 6.88. The molecule has 1 unspecified atom stereocenters. The van der Waals surface area contributed by atoms with E-state index in [4.69, 9.17) is 14.0 Å². The highest BCUT2D eigenvalue weighted by Crippen LogP contribution is 2.39. The van der Waals surface area contributed by atoms with Crippen LogP contribution in [0.15, 0.2) is 40.9 Å². The van der Waals surface area contributed by atoms with E-state index in [-0.39, 0.29) is 11.5 Å². The topological polar surface area (TPSA) is 90.6 Å². The highest BCUT2D eigenvalue weighted by Gasteiger charge is 2.41. The summed E-state index contributed by atoms with van der Waals surface area (Å²) >= 11 is 0. The molecule has 1 amide bonds. The fourth-order valence-corrected chi connectivity index (χ4v) is 5.03. The van der Waals surface area contributed by atoms with Crippen LogP contribution in [0.1, 0.15) is 47.9 Å². The van der Waals surface area contributed by atoms with Crippen molar-refractivity contribution in [1.82, 2.24) is 20.0 Å². The summed E-state index contributed by atoms with van der Waals surface area (Å²) < 4.78 is 16.8. The van der Waals surface area contributed by atoms with Crippen molar-refractivity contribution in [2.45, 2.75) is 44.1 Å². The summed E-state index contributed by atoms with van der Waals surface area (Å²) in [4.78, 5) is 24.1. The largest absolute Gasteiger partial charge is 0.384 e. The van der Waals surface area contributed by atoms with Crippen LogP contribution in [0.25, 0.3) is 10.9 Å². The molecule has 2 aromatic heterocycles. The number of pyridine rings is 1. The number of carbonyl (C=O) groups excluding carboxylic acids is 1. The molecule has 4 heterocycles. The zero-order chi connectivity index (χ0) is 22.7. The maximum absolute atomic E-state index is 13.1. The van der Waals surface area contributed by atoms with Crippen LogP contribution in [-0.2, 0) is 22.3 Å². The Balaban J connectivity index is 1.18. The number of hydrogen-bond donors (Lipinski definition) is 0. The second kappa shape index (κ2) is 9.57. The number of piperidine rings is 1. The molecule has 0 radical (unpaired) electrons. The fraction of sp³-hybridized carbons (Fsp3) is 0.520. The number of likely N-dealkylation sites (tertiary alicyclic amines) is 1. The molecule has 3 aromatic rings. The van der Waals surface area contributed by atoms with Crippen LogP contribution in [0.4, 0.5) is 0 Å². The van der Waals surface area contributed by atoms with Gasteiger partial charge in [0.2, 0.25) is 5.89 Å². The minimum absolute atomic E-state index is 0.00240. The molecule has 2 fully saturated rings. The van der Waals surface area contributed by atoms with Gasteiger partial charge < -0.3 is 18.9 Å². The van der Waals surface area contributed by atoms with E-state index in [0.717, 1.165) is 49.6 Å². The maximum Gasteiger partial charge on any atom is 0.272 e. The van der Waals surface area contributed by atoms with Crippen molar-refractivity contribution in [1.29, 1.82) is 0 Å². The zero-order valence-electron chi connectivity index (χ0n) is 19.0. The second-order valence-electron chi connectivity index (χ2n) is 9.12. The average molecular weight is 451 g/mol. The van der Waals surface area contributed by atoms with Crippen LogP contribution in [-0.4, -0.2) is 64.9 Å². The lowest BCUT2D eigenvalue weighted by Crippen LogP contribution is -2.51. The van der Waals surface area contributed by atoms with Gasteiger partial charge in [-0.15, -0.1) is 0 Å². The number of aromatic nitrogens is 3. The highest BCUT2D eigenvalue weighted by molar-refractivity contribution is 5.95. The first-order chi connectivity index (χ1) is 16.1. The molecule has 0 aliphatic carbocycles. The number of fused-ring (bicyclic) bond motifs is 1. The van der Waals surface area contributed by atoms with Gasteiger partial charge in [-0.05, 0) is 43.7 Å². The normalized spacial score (nSPS) is 20.4. The van der Waals surface area contributed by atoms with Gasteiger partial charge in [-0.2, -0.15) is 4.98 Å². The predicted octanol–water partition coefficient (Wildman–Crippen LogP) is 3.45. The van der Waals surface area contributed by atoms with Crippen LogP contribution < -0.4 is 0 Å². The maximum atomic E-state index is 13.1. The lowest BCUT2D eigenvalue weighted by atomic mass is 9.78. The zero-order valence-corrected chi connectivity index (χ0v) is 19.0. The van der Waals surface area contributed by atoms with Gasteiger partial charge >= 0.3 is 0 Å². The molecule has 174 valence electrons. The molecule has 1 atom stereocenters. The number of ether oxygens (including phenoxy) is 2. The summed E-state index contributed by atoms with van der Waals surface area (Å²) in [5.41, 5.74) is 1.18. The van der Waals surface area contributed by atoms with Crippen molar-refractivity contribution >= 4 is 16.8 Å². The van der Waals surface area contributed by atoms with Crippen molar-refractivity contribution < 1.29 is 18.8 Å². The van der Waals surface area contributed by atoms with Gasteiger partial charge in [0.25, 0.3) is 5.91 Å². The number of para-hydroxylation sites is 1. The van der Waals surface area contributed by atoms with E-state index in [1.807, 2.05) is 41.3 Å². The molecule has 5 rings (SSSR count). The molecule has 8 nitrogen and oxygen atoms in total. The SMILES string of the molecule is COCCc1noc(CC2CCOC3(CCN(C(=O)c4ccc5ccccc5n4)CC3)C2)n1. The summed E-state index contributed by atoms with van der Waals surface area (Å²) in [7, 11) is 1.67. The Kier molecular flexibility index (Phi) is 6.37. The van der Waals surface area contributed by atoms with Gasteiger partial charge in [-0.25, -0.2) is 4.98 Å². The monoisotopic (exact) mass is 450 g/mol. The summed E-state index contributed by atoms with van der Waals surface area (Å²) in [5.74, 6) is 1.83. The molecular weight excluding hydrogens is 420 g/mol. The van der Waals surface area contributed by atoms with Gasteiger partial charge in [-0.1, -0.05) is 29.4 Å². The smallest absolute Gasteiger partial charge is 0.272 e. The van der Waals surface area contributed by atoms with Crippen LogP contribution >= 0.6 is 0 Å². The second-order valence-corrected chi connectivity index (χ2v) is 9.12. The van der Waals surface area contributed by atoms with Gasteiger partial charge in [-0.3, -0.25) is 4.79 Å². The Morgan fingerprint density at radius 1 is 1.18 bits per heavy atom. The van der Waals surface area contributed by atoms with Crippen LogP contribution in [0.2, 0.25) is 0 Å². The van der Waals surface area contributed by atoms with Crippen molar-refractivity contribution in [3.05, 3.63) is 53.8 Å². The van der Waals surface area contributed by atoms with E-state index in [2.05, 4.69) is 15.1 Å². The molecule has 1 spiro atoms. The summed E-state index contributed by atoms with van der Waals surface area (Å²) in [6.45, 7) is 2.68. The molecule has 0 N–H and O–H groups in total. The van der Waals surface area contributed by atoms with Crippen LogP contribution in [0.3, 0.4) is 0 Å². The summed E-state index contributed by atoms with van der Waals surface area (Å²) in [6, 6.07) is 11.7. The minimum Gasteiger partial charge on any atom is -0.384 e. The number of rotatable bonds is 6. The number of carbonyl (C=O) groups is 1. The molecule has 0 saturated carbocycles. The highest BCUT2D eigenvalue weighted by atomic mass is 16.5. The number of methoxy groups -OCH3 is 1. The Hall–Kier alpha value is -2.84. The van der Waals surface area contributed by atoms with E-state index < -0.39 is 0 Å². The number of amides is 1. The van der Waals surface area contributed by atoms with Crippen molar-refractivity contribution in [2.75, 3.05) is 33.4 Å². The van der Waals surface area contributed by atoms with Crippen LogP contribution in [0, 0.1) is 5.92 Å². The lowest BCUT2D eigenvalue weighted by Gasteiger charge is -2.46. The minimum atomic E-state index is -0.171. The lowest BCUT2D eigenvalue weighted by molar-refractivity contribution is -0.124. The Labute approximate surface area is 193 Å². The molecule has 33 heavy (non-hydrogen) atoms. The first kappa shape index (κ1) is 22.0. The van der Waals surface area contributed by atoms with Gasteiger partial charge in [0.05, 0.1) is 17.7 Å². The van der Waals surface area contributed by atoms with Crippen molar-refractivity contribution in [2.24, 2.45) is 5.92 Å². The van der Waals surface area contributed by atoms with E-state index in [1.54, 1.807) is 7.11 Å². The third kappa shape index (κ3) is 4.91. The van der Waals surface area contributed by atoms with E-state index >= 15 is 0 Å². The summed E-state index contributed by atoms with van der Waals surface area (Å²) in [5, 5.41) is 5.09. The standard InChI is InChI=1S/C25H30N4O4/c1-31-14-9-22-27-23(33-28-22)16-18-8-15-32-25(17-18)10-12-29(13-11-25)24(30)21-7-6-19-4-2-3-5-20(19)26-21/h2-7,18H,8-17H2,1H3. The molecular formula is C25H30N4O4. The predicted molar refractivity (Wildman–Crippen MR) is 122 cm³/mol. The quantitative estimate of drug-likeness (QED) is 0.568. The number of hydrogen-bond acceptors (Lipinski definition) is 7. The molecule has 1 aromatic carbocycles. The Morgan fingerprint density at radius 3 is 2.88 bits per heavy atom. The molecule has 2 aliphatic rings. The molecule has 2 saturated heterocycles. The van der Waals surface area contributed by atoms with E-state index in [0.29, 0.717) is 49.4 Å². The van der Waals surface area contributed by atoms with Crippen molar-refractivity contribution in [3.63, 3.8) is 0 Å². The Morgan fingerprint density at radius 2 is 2.03 bits per heavy atom. The Bertz CT molecular complexity index is 1110. The van der Waals surface area contributed by atoms with Gasteiger partial charge in [0.1, 0.15) is 5.69 Å². The molecule has 8 heteroatoms. The molecule has 2 aliphatic heterocycles. The van der Waals surface area contributed by atoms with Gasteiger partial charge in [0.15, 0.2) is 5.82 Å². The third-order valence-electron chi connectivity index (χ3n) is 6.88. The van der Waals surface area contributed by atoms with E-state index in [1.165, 1.54) is 0 Å². The van der Waals surface area contributed by atoms with Crippen molar-refractivity contribution in [3.8, 4) is 0 Å². The fourth-order valence-electron chi connectivity index (χ4n) is 5.03. The first-order valence-corrected chi connectivity index (χ1v) is 11.7. The average Bonchev–Trinajstić information content (AvgIpc) is 3.29. The molecule has 0 bridgehead atoms. The number of benzene rings is 1. The summed E-state index contributed by atoms with van der Waals surface area (Å²) in [6.07, 6.45) is 5.06. The van der Waals surface area contributed by atoms with Crippen LogP contribution in [0.5, 0.6) is 0 Å². The number of nitrogens with zero attached hydrogens (tertiary/aromatic N) is 4.